The SMILES string of the molecule is O=C1CC(c2ccccc2-c2ccccc2)CC(=O)O1. The lowest BCUT2D eigenvalue weighted by Gasteiger charge is -2.22. The maximum atomic E-state index is 11.5. The highest BCUT2D eigenvalue weighted by atomic mass is 16.6. The van der Waals surface area contributed by atoms with Crippen molar-refractivity contribution in [1.82, 2.24) is 0 Å². The van der Waals surface area contributed by atoms with Gasteiger partial charge in [-0.15, -0.1) is 0 Å². The summed E-state index contributed by atoms with van der Waals surface area (Å²) in [5, 5.41) is 0. The molecule has 0 bridgehead atoms. The second kappa shape index (κ2) is 5.29. The third-order valence-electron chi connectivity index (χ3n) is 3.54. The molecule has 0 aromatic heterocycles. The number of ether oxygens (including phenoxy) is 1. The zero-order valence-electron chi connectivity index (χ0n) is 10.9. The monoisotopic (exact) mass is 266 g/mol. The molecule has 0 saturated carbocycles. The molecule has 1 aliphatic rings. The first-order chi connectivity index (χ1) is 9.74. The number of hydrogen-bond acceptors (Lipinski definition) is 3. The minimum Gasteiger partial charge on any atom is -0.393 e. The normalized spacial score (nSPS) is 16.0. The van der Waals surface area contributed by atoms with Crippen molar-refractivity contribution in [2.45, 2.75) is 18.8 Å². The van der Waals surface area contributed by atoms with Gasteiger partial charge in [0.2, 0.25) is 0 Å². The second-order valence-electron chi connectivity index (χ2n) is 4.90. The van der Waals surface area contributed by atoms with Gasteiger partial charge in [0.1, 0.15) is 0 Å². The summed E-state index contributed by atoms with van der Waals surface area (Å²) in [5.74, 6) is -0.969. The van der Waals surface area contributed by atoms with Crippen LogP contribution in [0.4, 0.5) is 0 Å². The average molecular weight is 266 g/mol. The molecule has 2 aromatic carbocycles. The van der Waals surface area contributed by atoms with Gasteiger partial charge in [0.05, 0.1) is 12.8 Å². The Hall–Kier alpha value is -2.42. The van der Waals surface area contributed by atoms with Gasteiger partial charge < -0.3 is 4.74 Å². The van der Waals surface area contributed by atoms with Crippen LogP contribution in [0.15, 0.2) is 54.6 Å². The van der Waals surface area contributed by atoms with Crippen molar-refractivity contribution in [2.24, 2.45) is 0 Å². The van der Waals surface area contributed by atoms with Crippen molar-refractivity contribution in [1.29, 1.82) is 0 Å². The van der Waals surface area contributed by atoms with Crippen molar-refractivity contribution in [2.75, 3.05) is 0 Å². The first-order valence-corrected chi connectivity index (χ1v) is 6.62. The molecular weight excluding hydrogens is 252 g/mol. The summed E-state index contributed by atoms with van der Waals surface area (Å²) in [4.78, 5) is 22.9. The van der Waals surface area contributed by atoms with Crippen molar-refractivity contribution in [3.05, 3.63) is 60.2 Å². The molecule has 1 aliphatic heterocycles. The van der Waals surface area contributed by atoms with E-state index in [1.807, 2.05) is 54.6 Å². The predicted molar refractivity (Wildman–Crippen MR) is 75.0 cm³/mol. The molecule has 0 radical (unpaired) electrons. The van der Waals surface area contributed by atoms with Crippen molar-refractivity contribution in [3.8, 4) is 11.1 Å². The first-order valence-electron chi connectivity index (χ1n) is 6.62. The van der Waals surface area contributed by atoms with Crippen LogP contribution in [0.2, 0.25) is 0 Å². The van der Waals surface area contributed by atoms with E-state index >= 15 is 0 Å². The fourth-order valence-electron chi connectivity index (χ4n) is 2.64. The molecule has 1 heterocycles. The zero-order chi connectivity index (χ0) is 13.9. The molecule has 2 aromatic rings. The molecule has 0 unspecified atom stereocenters. The van der Waals surface area contributed by atoms with Gasteiger partial charge in [-0.2, -0.15) is 0 Å². The number of carbonyl (C=O) groups excluding carboxylic acids is 2. The van der Waals surface area contributed by atoms with Crippen LogP contribution < -0.4 is 0 Å². The van der Waals surface area contributed by atoms with Gasteiger partial charge in [-0.1, -0.05) is 54.6 Å². The minimum absolute atomic E-state index is 0.0971. The Kier molecular flexibility index (Phi) is 3.33. The summed E-state index contributed by atoms with van der Waals surface area (Å²) in [6.07, 6.45) is 0.519. The highest BCUT2D eigenvalue weighted by Gasteiger charge is 2.29. The molecule has 3 rings (SSSR count). The van der Waals surface area contributed by atoms with E-state index in [9.17, 15) is 9.59 Å². The summed E-state index contributed by atoms with van der Waals surface area (Å²) in [5.41, 5.74) is 3.19. The largest absolute Gasteiger partial charge is 0.393 e. The Balaban J connectivity index is 2.02. The van der Waals surface area contributed by atoms with Crippen molar-refractivity contribution >= 4 is 11.9 Å². The fourth-order valence-corrected chi connectivity index (χ4v) is 2.64. The van der Waals surface area contributed by atoms with Crippen LogP contribution in [-0.2, 0) is 14.3 Å². The number of rotatable bonds is 2. The third kappa shape index (κ3) is 2.48. The number of carbonyl (C=O) groups is 2. The predicted octanol–water partition coefficient (Wildman–Crippen LogP) is 3.30. The molecule has 1 fully saturated rings. The van der Waals surface area contributed by atoms with E-state index in [0.717, 1.165) is 16.7 Å². The van der Waals surface area contributed by atoms with E-state index in [0.29, 0.717) is 0 Å². The van der Waals surface area contributed by atoms with Crippen LogP contribution >= 0.6 is 0 Å². The van der Waals surface area contributed by atoms with E-state index in [1.54, 1.807) is 0 Å². The van der Waals surface area contributed by atoms with E-state index < -0.39 is 11.9 Å². The smallest absolute Gasteiger partial charge is 0.314 e. The number of cyclic esters (lactones) is 2. The molecule has 0 N–H and O–H groups in total. The van der Waals surface area contributed by atoms with Gasteiger partial charge in [0.25, 0.3) is 0 Å². The van der Waals surface area contributed by atoms with Crippen molar-refractivity contribution in [3.63, 3.8) is 0 Å². The standard InChI is InChI=1S/C17H14O3/c18-16-10-13(11-17(19)20-16)15-9-5-4-8-14(15)12-6-2-1-3-7-12/h1-9,13H,10-11H2. The molecule has 0 aliphatic carbocycles. The number of benzene rings is 2. The highest BCUT2D eigenvalue weighted by Crippen LogP contribution is 2.35. The molecule has 3 heteroatoms. The van der Waals surface area contributed by atoms with Gasteiger partial charge >= 0.3 is 11.9 Å². The van der Waals surface area contributed by atoms with E-state index in [2.05, 4.69) is 4.74 Å². The molecule has 100 valence electrons. The maximum absolute atomic E-state index is 11.5. The van der Waals surface area contributed by atoms with Crippen LogP contribution in [0.25, 0.3) is 11.1 Å². The summed E-state index contributed by atoms with van der Waals surface area (Å²) >= 11 is 0. The van der Waals surface area contributed by atoms with E-state index in [-0.39, 0.29) is 18.8 Å². The van der Waals surface area contributed by atoms with Gasteiger partial charge in [0.15, 0.2) is 0 Å². The Morgan fingerprint density at radius 1 is 0.800 bits per heavy atom. The van der Waals surface area contributed by atoms with Gasteiger partial charge in [-0.05, 0) is 16.7 Å². The quantitative estimate of drug-likeness (QED) is 0.618. The minimum atomic E-state index is -0.436. The lowest BCUT2D eigenvalue weighted by Crippen LogP contribution is -2.24. The van der Waals surface area contributed by atoms with Crippen LogP contribution in [0.5, 0.6) is 0 Å². The lowest BCUT2D eigenvalue weighted by atomic mass is 9.85. The molecule has 0 atom stereocenters. The Morgan fingerprint density at radius 2 is 1.40 bits per heavy atom. The second-order valence-corrected chi connectivity index (χ2v) is 4.90. The third-order valence-corrected chi connectivity index (χ3v) is 3.54. The van der Waals surface area contributed by atoms with Gasteiger partial charge in [-0.3, -0.25) is 9.59 Å². The summed E-state index contributed by atoms with van der Waals surface area (Å²) in [6, 6.07) is 17.9. The molecule has 20 heavy (non-hydrogen) atoms. The fraction of sp³-hybridized carbons (Fsp3) is 0.176. The molecule has 0 spiro atoms. The molecule has 3 nitrogen and oxygen atoms in total. The van der Waals surface area contributed by atoms with E-state index in [1.165, 1.54) is 0 Å². The molecule has 1 saturated heterocycles. The molecule has 0 amide bonds. The molecular formula is C17H14O3. The van der Waals surface area contributed by atoms with Crippen LogP contribution in [0.1, 0.15) is 24.3 Å². The van der Waals surface area contributed by atoms with Crippen LogP contribution in [0.3, 0.4) is 0 Å². The number of hydrogen-bond donors (Lipinski definition) is 0. The Morgan fingerprint density at radius 3 is 2.10 bits per heavy atom. The van der Waals surface area contributed by atoms with Crippen molar-refractivity contribution < 1.29 is 14.3 Å². The summed E-state index contributed by atoms with van der Waals surface area (Å²) in [6.45, 7) is 0. The summed E-state index contributed by atoms with van der Waals surface area (Å²) < 4.78 is 4.61. The average Bonchev–Trinajstić information content (AvgIpc) is 2.47. The topological polar surface area (TPSA) is 43.4 Å². The van der Waals surface area contributed by atoms with E-state index in [4.69, 9.17) is 0 Å². The Labute approximate surface area is 117 Å². The van der Waals surface area contributed by atoms with Gasteiger partial charge in [0, 0.05) is 5.92 Å². The first kappa shape index (κ1) is 12.6. The lowest BCUT2D eigenvalue weighted by molar-refractivity contribution is -0.163. The van der Waals surface area contributed by atoms with Gasteiger partial charge in [-0.25, -0.2) is 0 Å². The maximum Gasteiger partial charge on any atom is 0.314 e. The van der Waals surface area contributed by atoms with Crippen LogP contribution in [-0.4, -0.2) is 11.9 Å². The highest BCUT2D eigenvalue weighted by molar-refractivity contribution is 5.90. The van der Waals surface area contributed by atoms with Crippen LogP contribution in [0, 0.1) is 0 Å². The number of esters is 2. The zero-order valence-corrected chi connectivity index (χ0v) is 10.9. The summed E-state index contributed by atoms with van der Waals surface area (Å²) in [7, 11) is 0. The Bertz CT molecular complexity index is 630.